The summed E-state index contributed by atoms with van der Waals surface area (Å²) in [6, 6.07) is 4.99. The number of benzene rings is 1. The summed E-state index contributed by atoms with van der Waals surface area (Å²) in [5.41, 5.74) is 0.924. The number of Topliss-reactive ketones (excluding diaryl/α,β-unsaturated/α-hetero) is 1. The lowest BCUT2D eigenvalue weighted by Crippen LogP contribution is -2.22. The molecule has 0 amide bonds. The Bertz CT molecular complexity index is 531. The molecule has 0 aliphatic heterocycles. The van der Waals surface area contributed by atoms with Crippen LogP contribution in [-0.2, 0) is 14.8 Å². The Labute approximate surface area is 126 Å². The molecule has 0 fully saturated rings. The molecule has 0 saturated heterocycles. The van der Waals surface area contributed by atoms with E-state index < -0.39 is 13.2 Å². The SMILES string of the molecule is CC.CC(=O)CC(C)(C)c1c(C)cccc1OP(=O)(O)O. The average Bonchev–Trinajstić information content (AvgIpc) is 2.27. The summed E-state index contributed by atoms with van der Waals surface area (Å²) in [5.74, 6) is 0.134. The second-order valence-electron chi connectivity index (χ2n) is 5.29. The Morgan fingerprint density at radius 3 is 2.24 bits per heavy atom. The zero-order valence-electron chi connectivity index (χ0n) is 13.5. The summed E-state index contributed by atoms with van der Waals surface area (Å²) < 4.78 is 15.8. The second-order valence-corrected chi connectivity index (χ2v) is 6.46. The first-order valence-electron chi connectivity index (χ1n) is 6.87. The van der Waals surface area contributed by atoms with Gasteiger partial charge in [0.15, 0.2) is 0 Å². The van der Waals surface area contributed by atoms with Crippen LogP contribution in [0.3, 0.4) is 0 Å². The average molecular weight is 316 g/mol. The maximum absolute atomic E-state index is 11.3. The molecule has 0 radical (unpaired) electrons. The Morgan fingerprint density at radius 1 is 1.29 bits per heavy atom. The molecule has 0 aliphatic carbocycles. The standard InChI is InChI=1S/C13H19O5P.C2H6/c1-9-6-5-7-11(18-19(15,16)17)12(9)13(3,4)8-10(2)14;1-2/h5-7H,8H2,1-4H3,(H2,15,16,17);1-2H3. The van der Waals surface area contributed by atoms with Crippen molar-refractivity contribution in [2.75, 3.05) is 0 Å². The van der Waals surface area contributed by atoms with Crippen LogP contribution in [0.15, 0.2) is 18.2 Å². The molecule has 2 N–H and O–H groups in total. The highest BCUT2D eigenvalue weighted by Gasteiger charge is 2.30. The molecule has 0 aliphatic rings. The van der Waals surface area contributed by atoms with Gasteiger partial charge < -0.3 is 4.52 Å². The van der Waals surface area contributed by atoms with E-state index in [1.807, 2.05) is 40.7 Å². The number of rotatable bonds is 5. The number of phosphoric acid groups is 1. The third-order valence-electron chi connectivity index (χ3n) is 2.82. The predicted octanol–water partition coefficient (Wildman–Crippen LogP) is 3.75. The largest absolute Gasteiger partial charge is 0.524 e. The number of carbonyl (C=O) groups excluding carboxylic acids is 1. The molecular formula is C15H25O5P. The molecule has 0 spiro atoms. The van der Waals surface area contributed by atoms with Crippen molar-refractivity contribution in [1.82, 2.24) is 0 Å². The molecule has 21 heavy (non-hydrogen) atoms. The van der Waals surface area contributed by atoms with Crippen molar-refractivity contribution in [3.8, 4) is 5.75 Å². The monoisotopic (exact) mass is 316 g/mol. The van der Waals surface area contributed by atoms with Crippen LogP contribution in [0.25, 0.3) is 0 Å². The highest BCUT2D eigenvalue weighted by molar-refractivity contribution is 7.46. The van der Waals surface area contributed by atoms with E-state index in [9.17, 15) is 9.36 Å². The highest BCUT2D eigenvalue weighted by atomic mass is 31.2. The minimum absolute atomic E-state index is 0.00961. The zero-order valence-corrected chi connectivity index (χ0v) is 14.4. The molecule has 5 nitrogen and oxygen atoms in total. The van der Waals surface area contributed by atoms with Gasteiger partial charge >= 0.3 is 7.82 Å². The lowest BCUT2D eigenvalue weighted by Gasteiger charge is -2.28. The van der Waals surface area contributed by atoms with Crippen LogP contribution in [0.4, 0.5) is 0 Å². The number of ketones is 1. The summed E-state index contributed by atoms with van der Waals surface area (Å²) in [7, 11) is -4.62. The van der Waals surface area contributed by atoms with Crippen molar-refractivity contribution >= 4 is 13.6 Å². The smallest absolute Gasteiger partial charge is 0.404 e. The maximum Gasteiger partial charge on any atom is 0.524 e. The van der Waals surface area contributed by atoms with Gasteiger partial charge in [-0.05, 0) is 25.5 Å². The number of hydrogen-bond acceptors (Lipinski definition) is 3. The molecule has 1 aromatic rings. The van der Waals surface area contributed by atoms with Crippen molar-refractivity contribution in [2.45, 2.75) is 53.4 Å². The topological polar surface area (TPSA) is 83.8 Å². The van der Waals surface area contributed by atoms with E-state index in [4.69, 9.17) is 14.3 Å². The molecule has 120 valence electrons. The third kappa shape index (κ3) is 6.42. The summed E-state index contributed by atoms with van der Waals surface area (Å²) in [4.78, 5) is 29.3. The van der Waals surface area contributed by atoms with Crippen LogP contribution in [0.5, 0.6) is 5.75 Å². The van der Waals surface area contributed by atoms with E-state index in [0.717, 1.165) is 5.56 Å². The van der Waals surface area contributed by atoms with Gasteiger partial charge in [-0.15, -0.1) is 0 Å². The molecular weight excluding hydrogens is 291 g/mol. The van der Waals surface area contributed by atoms with Gasteiger partial charge in [0, 0.05) is 17.4 Å². The Morgan fingerprint density at radius 2 is 1.81 bits per heavy atom. The van der Waals surface area contributed by atoms with Gasteiger partial charge in [0.25, 0.3) is 0 Å². The summed E-state index contributed by atoms with van der Waals surface area (Å²) in [6.07, 6.45) is 0.273. The summed E-state index contributed by atoms with van der Waals surface area (Å²) in [5, 5.41) is 0. The minimum Gasteiger partial charge on any atom is -0.404 e. The van der Waals surface area contributed by atoms with Crippen LogP contribution in [-0.4, -0.2) is 15.6 Å². The molecule has 0 unspecified atom stereocenters. The van der Waals surface area contributed by atoms with Crippen molar-refractivity contribution in [1.29, 1.82) is 0 Å². The summed E-state index contributed by atoms with van der Waals surface area (Å²) >= 11 is 0. The second kappa shape index (κ2) is 7.74. The number of carbonyl (C=O) groups is 1. The van der Waals surface area contributed by atoms with Crippen molar-refractivity contribution < 1.29 is 23.7 Å². The third-order valence-corrected chi connectivity index (χ3v) is 3.25. The fourth-order valence-electron chi connectivity index (χ4n) is 2.42. The van der Waals surface area contributed by atoms with E-state index in [2.05, 4.69) is 0 Å². The van der Waals surface area contributed by atoms with E-state index in [0.29, 0.717) is 5.56 Å². The van der Waals surface area contributed by atoms with Gasteiger partial charge in [-0.3, -0.25) is 14.6 Å². The zero-order chi connectivity index (χ0) is 16.8. The highest BCUT2D eigenvalue weighted by Crippen LogP contribution is 2.44. The number of aryl methyl sites for hydroxylation is 1. The van der Waals surface area contributed by atoms with Crippen LogP contribution < -0.4 is 4.52 Å². The van der Waals surface area contributed by atoms with E-state index in [1.165, 1.54) is 13.0 Å². The van der Waals surface area contributed by atoms with Gasteiger partial charge in [-0.1, -0.05) is 39.8 Å². The van der Waals surface area contributed by atoms with E-state index >= 15 is 0 Å². The Hall–Kier alpha value is -1.16. The maximum atomic E-state index is 11.3. The van der Waals surface area contributed by atoms with Gasteiger partial charge in [0.2, 0.25) is 0 Å². The number of hydrogen-bond donors (Lipinski definition) is 2. The first-order chi connectivity index (χ1) is 9.53. The molecule has 0 aromatic heterocycles. The quantitative estimate of drug-likeness (QED) is 0.808. The Balaban J connectivity index is 0.00000191. The van der Waals surface area contributed by atoms with Crippen molar-refractivity contribution in [3.63, 3.8) is 0 Å². The van der Waals surface area contributed by atoms with Crippen molar-refractivity contribution in [3.05, 3.63) is 29.3 Å². The normalized spacial score (nSPS) is 11.4. The lowest BCUT2D eigenvalue weighted by molar-refractivity contribution is -0.118. The number of phosphoric ester groups is 1. The lowest BCUT2D eigenvalue weighted by atomic mass is 9.78. The van der Waals surface area contributed by atoms with Crippen LogP contribution in [0.2, 0.25) is 0 Å². The van der Waals surface area contributed by atoms with Crippen LogP contribution in [0.1, 0.15) is 52.2 Å². The van der Waals surface area contributed by atoms with E-state index in [-0.39, 0.29) is 18.0 Å². The van der Waals surface area contributed by atoms with Gasteiger partial charge in [0.1, 0.15) is 11.5 Å². The van der Waals surface area contributed by atoms with Gasteiger partial charge in [0.05, 0.1) is 0 Å². The van der Waals surface area contributed by atoms with Gasteiger partial charge in [-0.25, -0.2) is 4.57 Å². The first kappa shape index (κ1) is 19.8. The van der Waals surface area contributed by atoms with Crippen LogP contribution >= 0.6 is 7.82 Å². The minimum atomic E-state index is -4.62. The van der Waals surface area contributed by atoms with Crippen molar-refractivity contribution in [2.24, 2.45) is 0 Å². The summed E-state index contributed by atoms with van der Waals surface area (Å²) in [6.45, 7) is 11.0. The molecule has 0 heterocycles. The fraction of sp³-hybridized carbons (Fsp3) is 0.533. The molecule has 1 aromatic carbocycles. The molecule has 0 bridgehead atoms. The fourth-order valence-corrected chi connectivity index (χ4v) is 2.83. The molecule has 6 heteroatoms. The molecule has 0 saturated carbocycles. The van der Waals surface area contributed by atoms with E-state index in [1.54, 1.807) is 6.07 Å². The predicted molar refractivity (Wildman–Crippen MR) is 83.5 cm³/mol. The van der Waals surface area contributed by atoms with Crippen LogP contribution in [0, 0.1) is 6.92 Å². The first-order valence-corrected chi connectivity index (χ1v) is 8.40. The molecule has 0 atom stereocenters. The molecule has 1 rings (SSSR count). The Kier molecular flexibility index (Phi) is 7.31. The van der Waals surface area contributed by atoms with Gasteiger partial charge in [-0.2, -0.15) is 0 Å².